The zero-order valence-electron chi connectivity index (χ0n) is 13.3. The van der Waals surface area contributed by atoms with E-state index in [0.717, 1.165) is 28.7 Å². The van der Waals surface area contributed by atoms with Crippen molar-refractivity contribution in [2.75, 3.05) is 5.32 Å². The lowest BCUT2D eigenvalue weighted by atomic mass is 10.2. The topological polar surface area (TPSA) is 77.0 Å². The summed E-state index contributed by atoms with van der Waals surface area (Å²) in [5, 5.41) is 2.81. The van der Waals surface area contributed by atoms with Gasteiger partial charge in [-0.1, -0.05) is 12.1 Å². The van der Waals surface area contributed by atoms with Gasteiger partial charge >= 0.3 is 0 Å². The van der Waals surface area contributed by atoms with Crippen LogP contribution in [0.25, 0.3) is 0 Å². The van der Waals surface area contributed by atoms with Crippen LogP contribution in [-0.4, -0.2) is 19.6 Å². The molecular weight excluding hydrogens is 324 g/mol. The molecule has 0 aliphatic heterocycles. The second-order valence-corrected chi connectivity index (χ2v) is 5.76. The van der Waals surface area contributed by atoms with E-state index in [9.17, 15) is 4.79 Å². The molecule has 0 saturated heterocycles. The molecule has 0 saturated carbocycles. The van der Waals surface area contributed by atoms with Crippen molar-refractivity contribution in [2.45, 2.75) is 20.5 Å². The number of rotatable bonds is 5. The van der Waals surface area contributed by atoms with Gasteiger partial charge in [-0.25, -0.2) is 4.98 Å². The Labute approximate surface area is 143 Å². The number of ether oxygens (including phenoxy) is 1. The smallest absolute Gasteiger partial charge is 0.256 e. The maximum absolute atomic E-state index is 12.4. The number of amides is 1. The first-order chi connectivity index (χ1) is 11.6. The monoisotopic (exact) mass is 340 g/mol. The summed E-state index contributed by atoms with van der Waals surface area (Å²) in [5.41, 5.74) is 3.08. The van der Waals surface area contributed by atoms with Crippen molar-refractivity contribution in [3.05, 3.63) is 65.1 Å². The average Bonchev–Trinajstić information content (AvgIpc) is 3.00. The number of nitrogens with zero attached hydrogens (tertiary/aromatic N) is 3. The van der Waals surface area contributed by atoms with Gasteiger partial charge in [0.2, 0.25) is 0 Å². The highest BCUT2D eigenvalue weighted by atomic mass is 32.1. The van der Waals surface area contributed by atoms with Crippen LogP contribution in [0.3, 0.4) is 0 Å². The number of anilines is 1. The van der Waals surface area contributed by atoms with Crippen LogP contribution in [0.4, 0.5) is 5.82 Å². The molecule has 0 radical (unpaired) electrons. The van der Waals surface area contributed by atoms with Crippen LogP contribution in [0.15, 0.2) is 42.6 Å². The number of benzene rings is 1. The summed E-state index contributed by atoms with van der Waals surface area (Å²) in [4.78, 5) is 16.5. The number of aromatic nitrogens is 3. The van der Waals surface area contributed by atoms with Crippen LogP contribution in [0.1, 0.15) is 27.3 Å². The number of carbonyl (C=O) groups is 1. The molecule has 0 atom stereocenters. The Morgan fingerprint density at radius 1 is 1.21 bits per heavy atom. The number of pyridine rings is 1. The molecule has 1 aromatic carbocycles. The van der Waals surface area contributed by atoms with E-state index < -0.39 is 0 Å². The van der Waals surface area contributed by atoms with Crippen molar-refractivity contribution in [1.29, 1.82) is 0 Å². The van der Waals surface area contributed by atoms with Gasteiger partial charge in [0.1, 0.15) is 23.9 Å². The maximum atomic E-state index is 12.4. The third-order valence-corrected chi connectivity index (χ3v) is 4.12. The largest absolute Gasteiger partial charge is 0.487 e. The van der Waals surface area contributed by atoms with Gasteiger partial charge in [-0.2, -0.15) is 8.75 Å². The normalized spacial score (nSPS) is 10.4. The van der Waals surface area contributed by atoms with E-state index in [1.54, 1.807) is 30.5 Å². The quantitative estimate of drug-likeness (QED) is 0.770. The van der Waals surface area contributed by atoms with E-state index >= 15 is 0 Å². The van der Waals surface area contributed by atoms with Gasteiger partial charge in [-0.05, 0) is 43.7 Å². The van der Waals surface area contributed by atoms with Crippen LogP contribution in [-0.2, 0) is 6.61 Å². The summed E-state index contributed by atoms with van der Waals surface area (Å²) >= 11 is 1.16. The van der Waals surface area contributed by atoms with Gasteiger partial charge in [0.05, 0.1) is 17.4 Å². The summed E-state index contributed by atoms with van der Waals surface area (Å²) < 4.78 is 14.0. The van der Waals surface area contributed by atoms with Gasteiger partial charge < -0.3 is 10.1 Å². The number of hydrogen-bond acceptors (Lipinski definition) is 6. The number of hydrogen-bond donors (Lipinski definition) is 1. The molecule has 0 unspecified atom stereocenters. The second kappa shape index (κ2) is 7.18. The summed E-state index contributed by atoms with van der Waals surface area (Å²) in [6.07, 6.45) is 1.65. The van der Waals surface area contributed by atoms with Crippen LogP contribution in [0.5, 0.6) is 5.75 Å². The molecule has 1 amide bonds. The molecule has 0 spiro atoms. The van der Waals surface area contributed by atoms with E-state index in [1.807, 2.05) is 26.0 Å². The molecular formula is C17H16N4O2S. The highest BCUT2D eigenvalue weighted by molar-refractivity contribution is 6.99. The van der Waals surface area contributed by atoms with Crippen molar-refractivity contribution < 1.29 is 9.53 Å². The van der Waals surface area contributed by atoms with E-state index in [4.69, 9.17) is 4.74 Å². The molecule has 2 heterocycles. The Kier molecular flexibility index (Phi) is 4.81. The first-order valence-corrected chi connectivity index (χ1v) is 8.10. The molecule has 1 N–H and O–H groups in total. The van der Waals surface area contributed by atoms with E-state index in [1.165, 1.54) is 0 Å². The fourth-order valence-electron chi connectivity index (χ4n) is 2.06. The number of aryl methyl sites for hydroxylation is 2. The first kappa shape index (κ1) is 16.1. The summed E-state index contributed by atoms with van der Waals surface area (Å²) in [7, 11) is 0. The molecule has 0 aliphatic rings. The number of nitrogens with one attached hydrogen (secondary N) is 1. The maximum Gasteiger partial charge on any atom is 0.256 e. The Morgan fingerprint density at radius 2 is 2.08 bits per heavy atom. The molecule has 3 rings (SSSR count). The highest BCUT2D eigenvalue weighted by Crippen LogP contribution is 2.17. The van der Waals surface area contributed by atoms with Crippen LogP contribution in [0.2, 0.25) is 0 Å². The van der Waals surface area contributed by atoms with E-state index in [-0.39, 0.29) is 5.91 Å². The zero-order chi connectivity index (χ0) is 16.9. The minimum Gasteiger partial charge on any atom is -0.487 e. The van der Waals surface area contributed by atoms with Gasteiger partial charge in [0.25, 0.3) is 5.91 Å². The molecule has 122 valence electrons. The van der Waals surface area contributed by atoms with E-state index in [2.05, 4.69) is 19.0 Å². The lowest BCUT2D eigenvalue weighted by molar-refractivity contribution is 0.102. The van der Waals surface area contributed by atoms with Gasteiger partial charge in [0, 0.05) is 11.8 Å². The van der Waals surface area contributed by atoms with Crippen LogP contribution >= 0.6 is 11.7 Å². The lowest BCUT2D eigenvalue weighted by Crippen LogP contribution is -2.14. The minimum absolute atomic E-state index is 0.228. The lowest BCUT2D eigenvalue weighted by Gasteiger charge is -2.09. The highest BCUT2D eigenvalue weighted by Gasteiger charge is 2.10. The fourth-order valence-corrected chi connectivity index (χ4v) is 2.61. The Bertz CT molecular complexity index is 863. The molecule has 0 bridgehead atoms. The SMILES string of the molecule is Cc1cccnc1NC(=O)c1cccc(OCc2nsnc2C)c1. The molecule has 7 heteroatoms. The van der Waals surface area contributed by atoms with Crippen molar-refractivity contribution in [2.24, 2.45) is 0 Å². The van der Waals surface area contributed by atoms with Gasteiger partial charge in [-0.3, -0.25) is 4.79 Å². The summed E-state index contributed by atoms with van der Waals surface area (Å²) in [6.45, 7) is 4.11. The van der Waals surface area contributed by atoms with Crippen molar-refractivity contribution >= 4 is 23.5 Å². The molecule has 0 aliphatic carbocycles. The molecule has 24 heavy (non-hydrogen) atoms. The predicted octanol–water partition coefficient (Wildman–Crippen LogP) is 3.38. The third-order valence-electron chi connectivity index (χ3n) is 3.46. The number of carbonyl (C=O) groups excluding carboxylic acids is 1. The van der Waals surface area contributed by atoms with Crippen molar-refractivity contribution in [3.63, 3.8) is 0 Å². The fraction of sp³-hybridized carbons (Fsp3) is 0.176. The zero-order valence-corrected chi connectivity index (χ0v) is 14.1. The standard InChI is InChI=1S/C17H16N4O2S/c1-11-5-4-8-18-16(11)19-17(22)13-6-3-7-14(9-13)23-10-15-12(2)20-24-21-15/h3-9H,10H2,1-2H3,(H,18,19,22). The Hall–Kier alpha value is -2.80. The van der Waals surface area contributed by atoms with Crippen LogP contribution < -0.4 is 10.1 Å². The summed E-state index contributed by atoms with van der Waals surface area (Å²) in [6, 6.07) is 10.7. The molecule has 6 nitrogen and oxygen atoms in total. The minimum atomic E-state index is -0.228. The predicted molar refractivity (Wildman–Crippen MR) is 92.3 cm³/mol. The molecule has 0 fully saturated rings. The van der Waals surface area contributed by atoms with Crippen molar-refractivity contribution in [3.8, 4) is 5.75 Å². The summed E-state index contributed by atoms with van der Waals surface area (Å²) in [5.74, 6) is 0.930. The molecule has 3 aromatic rings. The second-order valence-electron chi connectivity index (χ2n) is 5.24. The average molecular weight is 340 g/mol. The molecule has 2 aromatic heterocycles. The Balaban J connectivity index is 1.69. The Morgan fingerprint density at radius 3 is 2.83 bits per heavy atom. The first-order valence-electron chi connectivity index (χ1n) is 7.37. The van der Waals surface area contributed by atoms with Crippen LogP contribution in [0, 0.1) is 13.8 Å². The van der Waals surface area contributed by atoms with E-state index in [0.29, 0.717) is 23.7 Å². The van der Waals surface area contributed by atoms with Crippen molar-refractivity contribution in [1.82, 2.24) is 13.7 Å². The van der Waals surface area contributed by atoms with Gasteiger partial charge in [-0.15, -0.1) is 0 Å². The third kappa shape index (κ3) is 3.75. The van der Waals surface area contributed by atoms with Gasteiger partial charge in [0.15, 0.2) is 0 Å².